The van der Waals surface area contributed by atoms with Gasteiger partial charge in [0.05, 0.1) is 0 Å². The van der Waals surface area contributed by atoms with E-state index in [0.717, 1.165) is 11.5 Å². The van der Waals surface area contributed by atoms with Crippen LogP contribution in [0.25, 0.3) is 0 Å². The zero-order valence-electron chi connectivity index (χ0n) is 8.08. The first kappa shape index (κ1) is 9.59. The van der Waals surface area contributed by atoms with Crippen LogP contribution in [-0.4, -0.2) is 0 Å². The summed E-state index contributed by atoms with van der Waals surface area (Å²) in [5.41, 5.74) is 1.23. The average molecular weight is 174 g/mol. The minimum atomic E-state index is 0.846. The van der Waals surface area contributed by atoms with Crippen molar-refractivity contribution in [1.29, 1.82) is 0 Å². The zero-order chi connectivity index (χ0) is 9.68. The van der Waals surface area contributed by atoms with Crippen LogP contribution in [0.15, 0.2) is 48.8 Å². The quantitative estimate of drug-likeness (QED) is 0.503. The van der Waals surface area contributed by atoms with Gasteiger partial charge in [0.15, 0.2) is 0 Å². The van der Waals surface area contributed by atoms with E-state index in [0.29, 0.717) is 0 Å². The first-order valence-electron chi connectivity index (χ1n) is 4.26. The van der Waals surface area contributed by atoms with Crippen LogP contribution in [0.3, 0.4) is 0 Å². The van der Waals surface area contributed by atoms with Gasteiger partial charge in [0.25, 0.3) is 0 Å². The van der Waals surface area contributed by atoms with Crippen molar-refractivity contribution in [2.24, 2.45) is 0 Å². The molecule has 1 aromatic carbocycles. The lowest BCUT2D eigenvalue weighted by Gasteiger charge is -2.04. The minimum Gasteiger partial charge on any atom is -0.462 e. The van der Waals surface area contributed by atoms with Crippen LogP contribution in [-0.2, 0) is 0 Å². The Bertz CT molecular complexity index is 306. The van der Waals surface area contributed by atoms with Crippen molar-refractivity contribution < 1.29 is 4.74 Å². The van der Waals surface area contributed by atoms with E-state index in [2.05, 4.69) is 13.5 Å². The Morgan fingerprint density at radius 2 is 1.92 bits per heavy atom. The van der Waals surface area contributed by atoms with Crippen molar-refractivity contribution in [3.05, 3.63) is 54.3 Å². The number of aryl methyl sites for hydroxylation is 1. The first-order valence-corrected chi connectivity index (χ1v) is 4.26. The summed E-state index contributed by atoms with van der Waals surface area (Å²) in [6.07, 6.45) is 3.55. The van der Waals surface area contributed by atoms with E-state index in [4.69, 9.17) is 4.74 Å². The highest BCUT2D eigenvalue weighted by molar-refractivity contribution is 5.28. The van der Waals surface area contributed by atoms with Gasteiger partial charge in [-0.25, -0.2) is 0 Å². The predicted octanol–water partition coefficient (Wildman–Crippen LogP) is 3.46. The number of hydrogen-bond acceptors (Lipinski definition) is 1. The summed E-state index contributed by atoms with van der Waals surface area (Å²) < 4.78 is 5.50. The Labute approximate surface area is 79.4 Å². The van der Waals surface area contributed by atoms with Gasteiger partial charge in [-0.1, -0.05) is 30.4 Å². The highest BCUT2D eigenvalue weighted by atomic mass is 16.5. The van der Waals surface area contributed by atoms with Gasteiger partial charge in [-0.05, 0) is 32.1 Å². The van der Waals surface area contributed by atoms with Gasteiger partial charge in [-0.2, -0.15) is 0 Å². The molecule has 1 nitrogen and oxygen atoms in total. The monoisotopic (exact) mass is 174 g/mol. The molecular weight excluding hydrogens is 160 g/mol. The first-order chi connectivity index (χ1) is 6.22. The summed E-state index contributed by atoms with van der Waals surface area (Å²) in [6, 6.07) is 7.96. The van der Waals surface area contributed by atoms with Gasteiger partial charge in [-0.15, -0.1) is 0 Å². The van der Waals surface area contributed by atoms with Crippen LogP contribution in [0, 0.1) is 6.92 Å². The third kappa shape index (κ3) is 3.16. The molecule has 0 fully saturated rings. The van der Waals surface area contributed by atoms with Gasteiger partial charge < -0.3 is 4.74 Å². The maximum atomic E-state index is 5.50. The summed E-state index contributed by atoms with van der Waals surface area (Å²) >= 11 is 0. The lowest BCUT2D eigenvalue weighted by atomic mass is 10.2. The van der Waals surface area contributed by atoms with Crippen LogP contribution in [0.2, 0.25) is 0 Å². The van der Waals surface area contributed by atoms with E-state index in [1.807, 2.05) is 37.3 Å². The van der Waals surface area contributed by atoms with Crippen LogP contribution in [0.5, 0.6) is 5.75 Å². The molecule has 0 atom stereocenters. The number of rotatable bonds is 3. The molecule has 13 heavy (non-hydrogen) atoms. The molecule has 0 amide bonds. The Balaban J connectivity index is 2.69. The van der Waals surface area contributed by atoms with E-state index in [9.17, 15) is 0 Å². The van der Waals surface area contributed by atoms with Crippen LogP contribution in [0.4, 0.5) is 0 Å². The third-order valence-corrected chi connectivity index (χ3v) is 1.65. The fourth-order valence-corrected chi connectivity index (χ4v) is 0.992. The molecule has 0 radical (unpaired) electrons. The lowest BCUT2D eigenvalue weighted by molar-refractivity contribution is 0.428. The number of hydrogen-bond donors (Lipinski definition) is 0. The van der Waals surface area contributed by atoms with E-state index < -0.39 is 0 Å². The van der Waals surface area contributed by atoms with Gasteiger partial charge in [0.2, 0.25) is 0 Å². The molecule has 0 saturated carbocycles. The molecule has 1 aromatic rings. The molecule has 1 heteroatoms. The molecule has 0 spiro atoms. The summed E-state index contributed by atoms with van der Waals surface area (Å²) in [4.78, 5) is 0. The molecule has 0 N–H and O–H groups in total. The molecule has 0 aromatic heterocycles. The number of allylic oxidation sites excluding steroid dienone is 3. The second kappa shape index (κ2) is 4.51. The van der Waals surface area contributed by atoms with Crippen LogP contribution in [0.1, 0.15) is 12.5 Å². The topological polar surface area (TPSA) is 9.23 Å². The predicted molar refractivity (Wildman–Crippen MR) is 55.8 cm³/mol. The Hall–Kier alpha value is -1.50. The number of benzene rings is 1. The fraction of sp³-hybridized carbons (Fsp3) is 0.167. The van der Waals surface area contributed by atoms with Crippen molar-refractivity contribution in [3.8, 4) is 5.75 Å². The Morgan fingerprint density at radius 3 is 2.46 bits per heavy atom. The summed E-state index contributed by atoms with van der Waals surface area (Å²) in [6.45, 7) is 7.56. The molecule has 0 unspecified atom stereocenters. The maximum Gasteiger partial charge on any atom is 0.126 e. The molecule has 0 saturated heterocycles. The Morgan fingerprint density at radius 1 is 1.31 bits per heavy atom. The smallest absolute Gasteiger partial charge is 0.126 e. The van der Waals surface area contributed by atoms with Crippen molar-refractivity contribution in [3.63, 3.8) is 0 Å². The SMILES string of the molecule is C=C/C=C(\C)Oc1ccc(C)cc1. The Kier molecular flexibility index (Phi) is 3.32. The highest BCUT2D eigenvalue weighted by Crippen LogP contribution is 2.14. The van der Waals surface area contributed by atoms with Crippen molar-refractivity contribution in [2.75, 3.05) is 0 Å². The van der Waals surface area contributed by atoms with Crippen molar-refractivity contribution >= 4 is 0 Å². The second-order valence-corrected chi connectivity index (χ2v) is 2.93. The summed E-state index contributed by atoms with van der Waals surface area (Å²) in [7, 11) is 0. The van der Waals surface area contributed by atoms with Gasteiger partial charge in [0.1, 0.15) is 11.5 Å². The normalized spacial score (nSPS) is 11.1. The van der Waals surface area contributed by atoms with E-state index >= 15 is 0 Å². The van der Waals surface area contributed by atoms with Crippen molar-refractivity contribution in [2.45, 2.75) is 13.8 Å². The zero-order valence-corrected chi connectivity index (χ0v) is 8.08. The van der Waals surface area contributed by atoms with E-state index in [1.54, 1.807) is 6.08 Å². The van der Waals surface area contributed by atoms with Gasteiger partial charge >= 0.3 is 0 Å². The maximum absolute atomic E-state index is 5.50. The average Bonchev–Trinajstić information content (AvgIpc) is 2.09. The molecule has 68 valence electrons. The molecule has 0 aliphatic carbocycles. The van der Waals surface area contributed by atoms with Crippen LogP contribution >= 0.6 is 0 Å². The lowest BCUT2D eigenvalue weighted by Crippen LogP contribution is -1.89. The van der Waals surface area contributed by atoms with Gasteiger partial charge in [0, 0.05) is 0 Å². The largest absolute Gasteiger partial charge is 0.462 e. The van der Waals surface area contributed by atoms with E-state index in [1.165, 1.54) is 5.56 Å². The van der Waals surface area contributed by atoms with Crippen LogP contribution < -0.4 is 4.74 Å². The molecule has 0 heterocycles. The highest BCUT2D eigenvalue weighted by Gasteiger charge is 1.92. The standard InChI is InChI=1S/C12H14O/c1-4-5-11(3)13-12-8-6-10(2)7-9-12/h4-9H,1H2,2-3H3/b11-5+. The van der Waals surface area contributed by atoms with E-state index in [-0.39, 0.29) is 0 Å². The van der Waals surface area contributed by atoms with Gasteiger partial charge in [-0.3, -0.25) is 0 Å². The molecule has 0 bridgehead atoms. The van der Waals surface area contributed by atoms with Crippen molar-refractivity contribution in [1.82, 2.24) is 0 Å². The molecule has 1 rings (SSSR count). The summed E-state index contributed by atoms with van der Waals surface area (Å²) in [5.74, 6) is 1.71. The fourth-order valence-electron chi connectivity index (χ4n) is 0.992. The minimum absolute atomic E-state index is 0.846. The molecular formula is C12H14O. The third-order valence-electron chi connectivity index (χ3n) is 1.65. The number of ether oxygens (including phenoxy) is 1. The molecule has 0 aliphatic rings. The molecule has 0 aliphatic heterocycles. The second-order valence-electron chi connectivity index (χ2n) is 2.93. The summed E-state index contributed by atoms with van der Waals surface area (Å²) in [5, 5.41) is 0.